The van der Waals surface area contributed by atoms with Gasteiger partial charge in [0.15, 0.2) is 0 Å². The van der Waals surface area contributed by atoms with Crippen LogP contribution in [0.5, 0.6) is 0 Å². The van der Waals surface area contributed by atoms with Crippen molar-refractivity contribution in [2.45, 2.75) is 47.2 Å². The van der Waals surface area contributed by atoms with Gasteiger partial charge in [-0.3, -0.25) is 33.7 Å². The summed E-state index contributed by atoms with van der Waals surface area (Å²) in [5.41, 5.74) is 1.25. The molecule has 4 heterocycles. The van der Waals surface area contributed by atoms with E-state index in [0.29, 0.717) is 42.2 Å². The number of rotatable bonds is 10. The summed E-state index contributed by atoms with van der Waals surface area (Å²) in [6.07, 6.45) is 10.1. The molecule has 220 valence electrons. The zero-order chi connectivity index (χ0) is 30.4. The van der Waals surface area contributed by atoms with E-state index in [4.69, 9.17) is 11.6 Å². The molecule has 0 aromatic carbocycles. The van der Waals surface area contributed by atoms with Crippen LogP contribution >= 0.6 is 11.6 Å². The van der Waals surface area contributed by atoms with Crippen molar-refractivity contribution in [1.29, 1.82) is 0 Å². The third-order valence-electron chi connectivity index (χ3n) is 6.77. The van der Waals surface area contributed by atoms with E-state index in [2.05, 4.69) is 39.4 Å². The quantitative estimate of drug-likeness (QED) is 0.345. The topological polar surface area (TPSA) is 139 Å². The van der Waals surface area contributed by atoms with Crippen molar-refractivity contribution in [3.8, 4) is 0 Å². The van der Waals surface area contributed by atoms with Gasteiger partial charge in [-0.2, -0.15) is 0 Å². The lowest BCUT2D eigenvalue weighted by molar-refractivity contribution is -0.142. The number of likely N-dealkylation sites (tertiary alicyclic amines) is 1. The lowest BCUT2D eigenvalue weighted by Gasteiger charge is -2.45. The molecule has 1 fully saturated rings. The minimum Gasteiger partial charge on any atom is -0.352 e. The molecular formula is C30H34ClN7O4. The molecule has 0 spiro atoms. The van der Waals surface area contributed by atoms with E-state index in [0.717, 1.165) is 5.57 Å². The van der Waals surface area contributed by atoms with Crippen molar-refractivity contribution in [2.24, 2.45) is 5.41 Å². The highest BCUT2D eigenvalue weighted by Gasteiger charge is 2.37. The fraction of sp³-hybridized carbons (Fsp3) is 0.367. The van der Waals surface area contributed by atoms with Crippen molar-refractivity contribution in [1.82, 2.24) is 35.1 Å². The molecule has 3 amide bonds. The number of nitrogens with zero attached hydrogens (tertiary/aromatic N) is 5. The van der Waals surface area contributed by atoms with Crippen molar-refractivity contribution < 1.29 is 14.4 Å². The van der Waals surface area contributed by atoms with Gasteiger partial charge in [-0.25, -0.2) is 4.98 Å². The smallest absolute Gasteiger partial charge is 0.265 e. The maximum atomic E-state index is 13.5. The number of hydrogen-bond donors (Lipinski definition) is 2. The molecule has 3 aromatic heterocycles. The van der Waals surface area contributed by atoms with Crippen LogP contribution in [-0.4, -0.2) is 61.8 Å². The number of hydrogen-bond acceptors (Lipinski definition) is 7. The van der Waals surface area contributed by atoms with Gasteiger partial charge in [-0.1, -0.05) is 37.1 Å². The van der Waals surface area contributed by atoms with Crippen LogP contribution in [0.1, 0.15) is 60.5 Å². The Hall–Kier alpha value is -4.38. The average Bonchev–Trinajstić information content (AvgIpc) is 2.94. The zero-order valence-corrected chi connectivity index (χ0v) is 24.9. The molecule has 0 unspecified atom stereocenters. The summed E-state index contributed by atoms with van der Waals surface area (Å²) in [6, 6.07) is 2.96. The number of fused-ring (bicyclic) bond motifs is 1. The van der Waals surface area contributed by atoms with Gasteiger partial charge in [-0.05, 0) is 43.9 Å². The zero-order valence-electron chi connectivity index (χ0n) is 24.1. The summed E-state index contributed by atoms with van der Waals surface area (Å²) in [4.78, 5) is 66.8. The monoisotopic (exact) mass is 591 g/mol. The highest BCUT2D eigenvalue weighted by molar-refractivity contribution is 6.29. The molecule has 1 saturated heterocycles. The highest BCUT2D eigenvalue weighted by atomic mass is 35.5. The molecule has 42 heavy (non-hydrogen) atoms. The first-order chi connectivity index (χ1) is 19.9. The Kier molecular flexibility index (Phi) is 9.52. The van der Waals surface area contributed by atoms with E-state index >= 15 is 0 Å². The summed E-state index contributed by atoms with van der Waals surface area (Å²) in [6.45, 7) is 9.14. The number of amides is 3. The fourth-order valence-corrected chi connectivity index (χ4v) is 4.66. The Morgan fingerprint density at radius 2 is 1.79 bits per heavy atom. The van der Waals surface area contributed by atoms with Crippen molar-refractivity contribution >= 4 is 40.4 Å². The van der Waals surface area contributed by atoms with Crippen LogP contribution in [0.2, 0.25) is 0 Å². The maximum absolute atomic E-state index is 13.5. The molecule has 0 bridgehead atoms. The molecule has 12 heteroatoms. The van der Waals surface area contributed by atoms with E-state index < -0.39 is 17.4 Å². The van der Waals surface area contributed by atoms with Crippen LogP contribution in [-0.2, 0) is 17.9 Å². The lowest BCUT2D eigenvalue weighted by Crippen LogP contribution is -2.56. The fourth-order valence-electron chi connectivity index (χ4n) is 4.60. The van der Waals surface area contributed by atoms with Crippen molar-refractivity contribution in [2.75, 3.05) is 19.6 Å². The molecule has 0 atom stereocenters. The number of pyridine rings is 2. The van der Waals surface area contributed by atoms with Gasteiger partial charge in [-0.15, -0.1) is 0 Å². The second-order valence-corrected chi connectivity index (χ2v) is 11.7. The van der Waals surface area contributed by atoms with E-state index in [1.807, 2.05) is 13.0 Å². The van der Waals surface area contributed by atoms with Crippen LogP contribution in [0.15, 0.2) is 64.5 Å². The normalized spacial score (nSPS) is 14.8. The molecule has 1 aliphatic rings. The first-order valence-corrected chi connectivity index (χ1v) is 13.9. The summed E-state index contributed by atoms with van der Waals surface area (Å²) in [5.74, 6) is -1.24. The Balaban J connectivity index is 1.61. The van der Waals surface area contributed by atoms with Crippen LogP contribution < -0.4 is 16.2 Å². The molecule has 0 radical (unpaired) electrons. The molecule has 3 aromatic rings. The minimum absolute atomic E-state index is 0.0150. The lowest BCUT2D eigenvalue weighted by atomic mass is 9.84. The summed E-state index contributed by atoms with van der Waals surface area (Å²) >= 11 is 5.87. The summed E-state index contributed by atoms with van der Waals surface area (Å²) in [5, 5.41) is 6.56. The molecule has 11 nitrogen and oxygen atoms in total. The predicted octanol–water partition coefficient (Wildman–Crippen LogP) is 3.19. The maximum Gasteiger partial charge on any atom is 0.265 e. The number of allylic oxidation sites excluding steroid dienone is 3. The number of carbonyl (C=O) groups is 3. The molecule has 4 rings (SSSR count). The molecule has 0 saturated carbocycles. The standard InChI is InChI=1S/C30H34ClN7O4/c1-19(5-6-20(2)31)7-8-34-28(41)24-12-21-11-22(27(40)36-15-23-14-32-9-10-33-23)13-35-26(21)38(29(24)42)16-25(39)37-17-30(3,4)18-37/h5-6,9-14H,7-8,15-18H2,1-4H3,(H,34,41)(H,36,40). The third kappa shape index (κ3) is 7.67. The molecule has 0 aliphatic carbocycles. The Bertz CT molecular complexity index is 1620. The van der Waals surface area contributed by atoms with Crippen LogP contribution in [0.25, 0.3) is 11.0 Å². The Labute approximate surface area is 248 Å². The van der Waals surface area contributed by atoms with E-state index in [9.17, 15) is 19.2 Å². The first kappa shape index (κ1) is 30.6. The number of halogens is 1. The van der Waals surface area contributed by atoms with Gasteiger partial charge >= 0.3 is 0 Å². The Morgan fingerprint density at radius 3 is 2.45 bits per heavy atom. The summed E-state index contributed by atoms with van der Waals surface area (Å²) < 4.78 is 1.21. The van der Waals surface area contributed by atoms with Crippen molar-refractivity contribution in [3.05, 3.63) is 86.9 Å². The first-order valence-electron chi connectivity index (χ1n) is 13.6. The van der Waals surface area contributed by atoms with Crippen LogP contribution in [0, 0.1) is 5.41 Å². The van der Waals surface area contributed by atoms with Gasteiger partial charge in [0.1, 0.15) is 17.8 Å². The molecule has 1 aliphatic heterocycles. The van der Waals surface area contributed by atoms with Gasteiger partial charge in [0, 0.05) is 48.6 Å². The SMILES string of the molecule is CC(Cl)=CC=C(C)CCNC(=O)c1cc2cc(C(=O)NCc3cnccn3)cnc2n(CC(=O)N2CC(C)(C)C2)c1=O. The largest absolute Gasteiger partial charge is 0.352 e. The third-order valence-corrected chi connectivity index (χ3v) is 6.89. The van der Waals surface area contributed by atoms with Gasteiger partial charge in [0.25, 0.3) is 17.4 Å². The van der Waals surface area contributed by atoms with Gasteiger partial charge in [0.2, 0.25) is 5.91 Å². The number of carbonyl (C=O) groups excluding carboxylic acids is 3. The van der Waals surface area contributed by atoms with Crippen LogP contribution in [0.4, 0.5) is 0 Å². The molecular weight excluding hydrogens is 558 g/mol. The second-order valence-electron chi connectivity index (χ2n) is 11.2. The highest BCUT2D eigenvalue weighted by Crippen LogP contribution is 2.28. The summed E-state index contributed by atoms with van der Waals surface area (Å²) in [7, 11) is 0. The average molecular weight is 592 g/mol. The predicted molar refractivity (Wildman–Crippen MR) is 160 cm³/mol. The van der Waals surface area contributed by atoms with Gasteiger partial charge < -0.3 is 15.5 Å². The van der Waals surface area contributed by atoms with Gasteiger partial charge in [0.05, 0.1) is 24.0 Å². The van der Waals surface area contributed by atoms with Crippen molar-refractivity contribution in [3.63, 3.8) is 0 Å². The minimum atomic E-state index is -0.631. The molecule has 2 N–H and O–H groups in total. The number of nitrogens with one attached hydrogen (secondary N) is 2. The van der Waals surface area contributed by atoms with E-state index in [-0.39, 0.29) is 41.2 Å². The Morgan fingerprint density at radius 1 is 1.02 bits per heavy atom. The van der Waals surface area contributed by atoms with E-state index in [1.54, 1.807) is 30.2 Å². The second kappa shape index (κ2) is 13.1. The number of aromatic nitrogens is 4. The van der Waals surface area contributed by atoms with E-state index in [1.165, 1.54) is 29.2 Å². The van der Waals surface area contributed by atoms with Crippen LogP contribution in [0.3, 0.4) is 0 Å².